The van der Waals surface area contributed by atoms with Crippen molar-refractivity contribution >= 4 is 17.0 Å². The van der Waals surface area contributed by atoms with E-state index in [1.807, 2.05) is 20.8 Å². The molecule has 88 valence electrons. The van der Waals surface area contributed by atoms with Crippen LogP contribution in [0.5, 0.6) is 0 Å². The summed E-state index contributed by atoms with van der Waals surface area (Å²) in [6.07, 6.45) is 0. The molecule has 1 aromatic rings. The van der Waals surface area contributed by atoms with Crippen molar-refractivity contribution < 1.29 is 9.18 Å². The van der Waals surface area contributed by atoms with Crippen molar-refractivity contribution in [1.29, 1.82) is 0 Å². The first-order valence-corrected chi connectivity index (χ1v) is 5.40. The molecule has 0 atom stereocenters. The Hall–Kier alpha value is -1.09. The number of benzene rings is 1. The van der Waals surface area contributed by atoms with Crippen LogP contribution in [0.2, 0.25) is 0 Å². The fourth-order valence-corrected chi connectivity index (χ4v) is 1.67. The predicted octanol–water partition coefficient (Wildman–Crippen LogP) is 3.79. The highest BCUT2D eigenvalue weighted by atomic mass is 35.5. The van der Waals surface area contributed by atoms with Crippen LogP contribution < -0.4 is 0 Å². The van der Waals surface area contributed by atoms with Gasteiger partial charge >= 0.3 is 5.37 Å². The fourth-order valence-electron chi connectivity index (χ4n) is 1.36. The number of halogens is 2. The van der Waals surface area contributed by atoms with Crippen LogP contribution in [0.1, 0.15) is 26.3 Å². The highest BCUT2D eigenvalue weighted by Crippen LogP contribution is 2.20. The molecule has 0 radical (unpaired) electrons. The molecule has 4 heteroatoms. The molecule has 0 unspecified atom stereocenters. The average molecular weight is 244 g/mol. The second-order valence-corrected chi connectivity index (χ2v) is 4.92. The minimum absolute atomic E-state index is 0.179. The summed E-state index contributed by atoms with van der Waals surface area (Å²) in [4.78, 5) is 12.7. The van der Waals surface area contributed by atoms with E-state index in [4.69, 9.17) is 11.6 Å². The van der Waals surface area contributed by atoms with E-state index >= 15 is 0 Å². The van der Waals surface area contributed by atoms with Crippen molar-refractivity contribution in [2.24, 2.45) is 0 Å². The van der Waals surface area contributed by atoms with Crippen LogP contribution in [-0.4, -0.2) is 15.8 Å². The molecule has 0 N–H and O–H groups in total. The lowest BCUT2D eigenvalue weighted by molar-refractivity contribution is 0.160. The third kappa shape index (κ3) is 3.20. The molecule has 0 aliphatic rings. The molecular formula is C12H15ClFNO. The number of hydrogen-bond acceptors (Lipinski definition) is 1. The van der Waals surface area contributed by atoms with E-state index in [9.17, 15) is 9.18 Å². The van der Waals surface area contributed by atoms with Crippen LogP contribution in [0.15, 0.2) is 24.3 Å². The van der Waals surface area contributed by atoms with Crippen LogP contribution in [0.4, 0.5) is 9.18 Å². The van der Waals surface area contributed by atoms with E-state index < -0.39 is 10.9 Å². The van der Waals surface area contributed by atoms with Gasteiger partial charge in [0.15, 0.2) is 0 Å². The Bertz CT molecular complexity index is 387. The Morgan fingerprint density at radius 3 is 2.38 bits per heavy atom. The van der Waals surface area contributed by atoms with Crippen molar-refractivity contribution in [1.82, 2.24) is 4.90 Å². The molecule has 1 aromatic carbocycles. The van der Waals surface area contributed by atoms with Crippen molar-refractivity contribution in [3.8, 4) is 0 Å². The molecule has 0 aliphatic heterocycles. The van der Waals surface area contributed by atoms with Gasteiger partial charge in [-0.25, -0.2) is 4.39 Å². The molecule has 0 bridgehead atoms. The van der Waals surface area contributed by atoms with Gasteiger partial charge in [0.1, 0.15) is 5.82 Å². The Kier molecular flexibility index (Phi) is 3.92. The molecule has 0 aliphatic carbocycles. The van der Waals surface area contributed by atoms with Crippen molar-refractivity contribution in [3.63, 3.8) is 0 Å². The standard InChI is InChI=1S/C12H15ClFNO/c1-12(2,3)15(11(13)16)8-9-6-4-5-7-10(9)14/h4-7H,8H2,1-3H3. The van der Waals surface area contributed by atoms with Crippen LogP contribution in [0.3, 0.4) is 0 Å². The van der Waals surface area contributed by atoms with E-state index in [0.29, 0.717) is 5.56 Å². The molecular weight excluding hydrogens is 229 g/mol. The first kappa shape index (κ1) is 13.0. The average Bonchev–Trinajstić information content (AvgIpc) is 2.14. The molecule has 0 spiro atoms. The molecule has 0 fully saturated rings. The minimum Gasteiger partial charge on any atom is -0.320 e. The predicted molar refractivity (Wildman–Crippen MR) is 62.9 cm³/mol. The molecule has 0 aromatic heterocycles. The van der Waals surface area contributed by atoms with Gasteiger partial charge in [-0.15, -0.1) is 0 Å². The smallest absolute Gasteiger partial charge is 0.317 e. The van der Waals surface area contributed by atoms with Crippen molar-refractivity contribution in [3.05, 3.63) is 35.6 Å². The van der Waals surface area contributed by atoms with Gasteiger partial charge in [0.25, 0.3) is 0 Å². The Balaban J connectivity index is 2.94. The van der Waals surface area contributed by atoms with Crippen molar-refractivity contribution in [2.45, 2.75) is 32.9 Å². The zero-order chi connectivity index (χ0) is 12.3. The maximum Gasteiger partial charge on any atom is 0.317 e. The third-order valence-electron chi connectivity index (χ3n) is 2.31. The summed E-state index contributed by atoms with van der Waals surface area (Å²) < 4.78 is 13.4. The lowest BCUT2D eigenvalue weighted by atomic mass is 10.1. The third-order valence-corrected chi connectivity index (χ3v) is 2.51. The minimum atomic E-state index is -0.573. The number of hydrogen-bond donors (Lipinski definition) is 0. The van der Waals surface area contributed by atoms with Gasteiger partial charge in [0.05, 0.1) is 6.54 Å². The SMILES string of the molecule is CC(C)(C)N(Cc1ccccc1F)C(=O)Cl. The van der Waals surface area contributed by atoms with Crippen LogP contribution in [0, 0.1) is 5.82 Å². The highest BCUT2D eigenvalue weighted by Gasteiger charge is 2.25. The number of amides is 1. The molecule has 16 heavy (non-hydrogen) atoms. The van der Waals surface area contributed by atoms with E-state index in [1.165, 1.54) is 11.0 Å². The lowest BCUT2D eigenvalue weighted by Gasteiger charge is -2.33. The lowest BCUT2D eigenvalue weighted by Crippen LogP contribution is -2.42. The zero-order valence-electron chi connectivity index (χ0n) is 9.63. The summed E-state index contributed by atoms with van der Waals surface area (Å²) in [7, 11) is 0. The fraction of sp³-hybridized carbons (Fsp3) is 0.417. The van der Waals surface area contributed by atoms with Gasteiger partial charge in [0.2, 0.25) is 0 Å². The topological polar surface area (TPSA) is 20.3 Å². The normalized spacial score (nSPS) is 11.3. The molecule has 2 nitrogen and oxygen atoms in total. The number of nitrogens with zero attached hydrogens (tertiary/aromatic N) is 1. The maximum atomic E-state index is 13.4. The van der Waals surface area contributed by atoms with E-state index in [-0.39, 0.29) is 12.4 Å². The Morgan fingerprint density at radius 1 is 1.38 bits per heavy atom. The van der Waals surface area contributed by atoms with Gasteiger partial charge in [-0.2, -0.15) is 0 Å². The summed E-state index contributed by atoms with van der Waals surface area (Å²) in [5.74, 6) is -0.324. The van der Waals surface area contributed by atoms with Gasteiger partial charge in [-0.1, -0.05) is 18.2 Å². The van der Waals surface area contributed by atoms with E-state index in [1.54, 1.807) is 18.2 Å². The van der Waals surface area contributed by atoms with Gasteiger partial charge in [-0.3, -0.25) is 4.79 Å². The van der Waals surface area contributed by atoms with Gasteiger partial charge in [-0.05, 0) is 38.4 Å². The largest absolute Gasteiger partial charge is 0.320 e. The second kappa shape index (κ2) is 4.83. The zero-order valence-corrected chi connectivity index (χ0v) is 10.4. The highest BCUT2D eigenvalue weighted by molar-refractivity contribution is 6.62. The first-order valence-electron chi connectivity index (χ1n) is 5.03. The summed E-state index contributed by atoms with van der Waals surface area (Å²) in [6.45, 7) is 5.74. The van der Waals surface area contributed by atoms with Crippen LogP contribution in [-0.2, 0) is 6.54 Å². The Labute approximate surface area is 100 Å². The molecule has 0 saturated carbocycles. The summed E-state index contributed by atoms with van der Waals surface area (Å²) in [6, 6.07) is 6.36. The second-order valence-electron chi connectivity index (χ2n) is 4.60. The maximum absolute atomic E-state index is 13.4. The number of carbonyl (C=O) groups excluding carboxylic acids is 1. The Morgan fingerprint density at radius 2 is 1.94 bits per heavy atom. The summed E-state index contributed by atoms with van der Waals surface area (Å²) >= 11 is 5.50. The van der Waals surface area contributed by atoms with Crippen LogP contribution in [0.25, 0.3) is 0 Å². The summed E-state index contributed by atoms with van der Waals surface area (Å²) in [5.41, 5.74) is 0.0348. The van der Waals surface area contributed by atoms with Crippen LogP contribution >= 0.6 is 11.6 Å². The number of rotatable bonds is 2. The summed E-state index contributed by atoms with van der Waals surface area (Å²) in [5, 5.41) is -0.573. The molecule has 0 heterocycles. The molecule has 1 amide bonds. The molecule has 0 saturated heterocycles. The van der Waals surface area contributed by atoms with Gasteiger partial charge < -0.3 is 4.90 Å². The quantitative estimate of drug-likeness (QED) is 0.572. The van der Waals surface area contributed by atoms with E-state index in [0.717, 1.165) is 0 Å². The monoisotopic (exact) mass is 243 g/mol. The number of carbonyl (C=O) groups is 1. The van der Waals surface area contributed by atoms with Gasteiger partial charge in [0, 0.05) is 11.1 Å². The first-order chi connectivity index (χ1) is 7.32. The molecule has 1 rings (SSSR count). The van der Waals surface area contributed by atoms with E-state index in [2.05, 4.69) is 0 Å². The van der Waals surface area contributed by atoms with Crippen molar-refractivity contribution in [2.75, 3.05) is 0 Å².